The number of nitrogens with one attached hydrogen (secondary N) is 2. The number of rotatable bonds is 5. The van der Waals surface area contributed by atoms with E-state index in [1.165, 1.54) is 23.2 Å². The van der Waals surface area contributed by atoms with E-state index in [4.69, 9.17) is 4.74 Å². The summed E-state index contributed by atoms with van der Waals surface area (Å²) in [5.74, 6) is -2.79. The molecular weight excluding hydrogens is 883 g/mol. The van der Waals surface area contributed by atoms with Crippen molar-refractivity contribution in [1.82, 2.24) is 24.8 Å². The summed E-state index contributed by atoms with van der Waals surface area (Å²) >= 11 is -2.02. The second-order valence-electron chi connectivity index (χ2n) is 19.3. The number of alkyl halides is 3. The molecule has 5 amide bonds. The van der Waals surface area contributed by atoms with E-state index < -0.39 is 86.0 Å². The Morgan fingerprint density at radius 2 is 1.58 bits per heavy atom. The minimum absolute atomic E-state index is 0.0492. The van der Waals surface area contributed by atoms with Gasteiger partial charge in [0.1, 0.15) is 28.7 Å². The van der Waals surface area contributed by atoms with Gasteiger partial charge in [-0.25, -0.2) is 4.39 Å². The molecule has 7 aliphatic rings. The van der Waals surface area contributed by atoms with E-state index in [0.717, 1.165) is 86.7 Å². The molecule has 3 aromatic rings. The average molecular weight is 930 g/mol. The van der Waals surface area contributed by atoms with E-state index in [0.29, 0.717) is 31.3 Å². The summed E-state index contributed by atoms with van der Waals surface area (Å²) in [4.78, 5) is 86.6. The molecule has 66 heavy (non-hydrogen) atoms. The Labute approximate surface area is 380 Å². The lowest BCUT2D eigenvalue weighted by Crippen LogP contribution is -2.59. The van der Waals surface area contributed by atoms with Gasteiger partial charge in [0.05, 0.1) is 39.6 Å². The van der Waals surface area contributed by atoms with Gasteiger partial charge in [-0.15, -0.1) is 0 Å². The topological polar surface area (TPSA) is 172 Å². The van der Waals surface area contributed by atoms with Gasteiger partial charge in [-0.3, -0.25) is 44.0 Å². The predicted octanol–water partition coefficient (Wildman–Crippen LogP) is 5.97. The summed E-state index contributed by atoms with van der Waals surface area (Å²) < 4.78 is 63.7. The molecule has 14 nitrogen and oxygen atoms in total. The Balaban J connectivity index is 0.723. The molecule has 3 aromatic carbocycles. The van der Waals surface area contributed by atoms with Crippen molar-refractivity contribution in [2.45, 2.75) is 112 Å². The number of nitrogens with zero attached hydrogens (tertiary/aromatic N) is 5. The van der Waals surface area contributed by atoms with Gasteiger partial charge in [0, 0.05) is 43.5 Å². The molecule has 5 fully saturated rings. The number of piperidine rings is 3. The number of benzene rings is 3. The molecule has 2 unspecified atom stereocenters. The van der Waals surface area contributed by atoms with Crippen LogP contribution in [0.25, 0.3) is 0 Å². The third-order valence-corrected chi connectivity index (χ3v) is 17.2. The molecule has 2 atom stereocenters. The van der Waals surface area contributed by atoms with Gasteiger partial charge in [0.15, 0.2) is 0 Å². The molecule has 346 valence electrons. The van der Waals surface area contributed by atoms with E-state index in [9.17, 15) is 47.2 Å². The Hall–Kier alpha value is -5.84. The predicted molar refractivity (Wildman–Crippen MR) is 231 cm³/mol. The third kappa shape index (κ3) is 7.23. The molecule has 6 aliphatic heterocycles. The molecule has 6 heterocycles. The number of imide groups is 2. The van der Waals surface area contributed by atoms with Crippen molar-refractivity contribution in [3.05, 3.63) is 87.7 Å². The minimum Gasteiger partial charge on any atom is -0.487 e. The van der Waals surface area contributed by atoms with Crippen LogP contribution in [0.2, 0.25) is 0 Å². The van der Waals surface area contributed by atoms with Crippen LogP contribution < -0.4 is 19.9 Å². The number of fused-ring (bicyclic) bond motifs is 2. The zero-order valence-electron chi connectivity index (χ0n) is 36.2. The highest BCUT2D eigenvalue weighted by Gasteiger charge is 2.52. The Bertz CT molecular complexity index is 2680. The first kappa shape index (κ1) is 44.0. The number of carbonyl (C=O) groups excluding carboxylic acids is 6. The van der Waals surface area contributed by atoms with Crippen molar-refractivity contribution in [1.29, 1.82) is 5.26 Å². The molecule has 0 aromatic heterocycles. The summed E-state index contributed by atoms with van der Waals surface area (Å²) in [7, 11) is 0. The summed E-state index contributed by atoms with van der Waals surface area (Å²) in [5.41, 5.74) is -1.83. The van der Waals surface area contributed by atoms with Crippen LogP contribution in [0.3, 0.4) is 0 Å². The Morgan fingerprint density at radius 1 is 0.879 bits per heavy atom. The Kier molecular flexibility index (Phi) is 10.4. The largest absolute Gasteiger partial charge is 0.487 e. The fourth-order valence-corrected chi connectivity index (χ4v) is 13.2. The molecule has 10 rings (SSSR count). The molecule has 4 saturated heterocycles. The van der Waals surface area contributed by atoms with Crippen molar-refractivity contribution >= 4 is 51.4 Å². The van der Waals surface area contributed by atoms with Crippen LogP contribution in [0, 0.1) is 22.6 Å². The van der Waals surface area contributed by atoms with E-state index in [-0.39, 0.29) is 45.5 Å². The van der Waals surface area contributed by atoms with Crippen LogP contribution in [0.15, 0.2) is 53.4 Å². The number of ether oxygens (including phenoxy) is 1. The fourth-order valence-electron chi connectivity index (χ4n) is 11.1. The van der Waals surface area contributed by atoms with E-state index in [1.54, 1.807) is 36.9 Å². The first-order valence-electron chi connectivity index (χ1n) is 22.2. The molecule has 19 heteroatoms. The number of anilines is 1. The van der Waals surface area contributed by atoms with Gasteiger partial charge in [0.2, 0.25) is 16.9 Å². The Morgan fingerprint density at radius 3 is 2.23 bits per heavy atom. The van der Waals surface area contributed by atoms with Crippen molar-refractivity contribution in [3.63, 3.8) is 0 Å². The minimum atomic E-state index is -4.80. The highest BCUT2D eigenvalue weighted by atomic mass is 32.2. The standard InChI is InChI=1S/C47H47F4N7O7S/c1-44(2)43(64)66(30-5-3-27(25-52)34(21-30)47(49,50)51)54-58(44)28-4-6-31(35(48)20-28)40(61)56-15-11-45(12-16-56)23-29(24-45)55-17-13-46(14-18-55)10-9-26-19-32-33(22-37(26)65-46)42(63)57(41(32)62)36-7-8-38(59)53-39(36)60/h3-6,19-22,29,36,54,66H,7-18,23-24H2,1-2H3,(H,53,59,60). The van der Waals surface area contributed by atoms with Crippen LogP contribution in [0.5, 0.6) is 5.75 Å². The van der Waals surface area contributed by atoms with E-state index in [1.807, 2.05) is 0 Å². The number of hydrogen-bond donors (Lipinski definition) is 3. The summed E-state index contributed by atoms with van der Waals surface area (Å²) in [6, 6.07) is 11.5. The number of nitriles is 1. The van der Waals surface area contributed by atoms with Gasteiger partial charge in [-0.2, -0.15) is 23.3 Å². The van der Waals surface area contributed by atoms with Crippen molar-refractivity contribution in [2.24, 2.45) is 5.41 Å². The number of likely N-dealkylation sites (tertiary alicyclic amines) is 2. The first-order valence-corrected chi connectivity index (χ1v) is 23.6. The number of amides is 5. The smallest absolute Gasteiger partial charge is 0.417 e. The zero-order valence-corrected chi connectivity index (χ0v) is 37.1. The molecule has 0 bridgehead atoms. The quantitative estimate of drug-likeness (QED) is 0.157. The van der Waals surface area contributed by atoms with Gasteiger partial charge in [-0.1, -0.05) is 11.1 Å². The van der Waals surface area contributed by atoms with E-state index >= 15 is 4.39 Å². The van der Waals surface area contributed by atoms with Gasteiger partial charge >= 0.3 is 6.18 Å². The lowest BCUT2D eigenvalue weighted by atomic mass is 9.59. The molecule has 1 aliphatic carbocycles. The van der Waals surface area contributed by atoms with Crippen LogP contribution in [-0.4, -0.2) is 98.8 Å². The second-order valence-corrected chi connectivity index (χ2v) is 21.1. The zero-order chi connectivity index (χ0) is 46.7. The van der Waals surface area contributed by atoms with Gasteiger partial charge in [0.25, 0.3) is 17.7 Å². The molecular formula is C47H47F4N7O7S. The number of aryl methyl sites for hydroxylation is 1. The van der Waals surface area contributed by atoms with Gasteiger partial charge < -0.3 is 14.5 Å². The summed E-state index contributed by atoms with van der Waals surface area (Å²) in [5, 5.41) is 12.5. The maximum absolute atomic E-state index is 15.8. The lowest BCUT2D eigenvalue weighted by molar-refractivity contribution is -0.138. The van der Waals surface area contributed by atoms with Crippen LogP contribution in [0.1, 0.15) is 119 Å². The molecule has 2 N–H and O–H groups in total. The second kappa shape index (κ2) is 15.6. The molecule has 0 radical (unpaired) electrons. The molecule has 1 saturated carbocycles. The van der Waals surface area contributed by atoms with Crippen molar-refractivity contribution in [3.8, 4) is 11.8 Å². The lowest BCUT2D eigenvalue weighted by Gasteiger charge is -2.57. The van der Waals surface area contributed by atoms with Crippen LogP contribution in [-0.2, 0) is 27.0 Å². The van der Waals surface area contributed by atoms with Crippen LogP contribution in [0.4, 0.5) is 23.2 Å². The maximum Gasteiger partial charge on any atom is 0.417 e. The average Bonchev–Trinajstić information content (AvgIpc) is 3.66. The van der Waals surface area contributed by atoms with Gasteiger partial charge in [-0.05, 0) is 131 Å². The summed E-state index contributed by atoms with van der Waals surface area (Å²) in [6.07, 6.45) is 1.99. The monoisotopic (exact) mass is 929 g/mol. The summed E-state index contributed by atoms with van der Waals surface area (Å²) in [6.45, 7) is 5.82. The maximum atomic E-state index is 15.8. The first-order chi connectivity index (χ1) is 31.3. The normalized spacial score (nSPS) is 25.3. The number of halogens is 4. The van der Waals surface area contributed by atoms with Crippen molar-refractivity contribution < 1.29 is 51.1 Å². The number of hydrogen-bond acceptors (Lipinski definition) is 11. The van der Waals surface area contributed by atoms with E-state index in [2.05, 4.69) is 15.0 Å². The third-order valence-electron chi connectivity index (χ3n) is 15.1. The molecule has 2 spiro atoms. The number of carbonyl (C=O) groups is 6. The SMILES string of the molecule is CC1(C)C(=O)[SH](c2ccc(C#N)c(C(F)(F)F)c2)NN1c1ccc(C(=O)N2CCC3(CC2)CC(N2CCC4(CCc5cc6c(cc5O4)C(=O)N(C4CCC(=O)NC4=O)C6=O)CC2)C3)c(F)c1. The van der Waals surface area contributed by atoms with Crippen LogP contribution >= 0.6 is 11.1 Å². The fraction of sp³-hybridized carbons (Fsp3) is 0.468. The van der Waals surface area contributed by atoms with Crippen molar-refractivity contribution in [2.75, 3.05) is 31.2 Å². The highest BCUT2D eigenvalue weighted by molar-refractivity contribution is 8.28. The number of hydrazine groups is 1. The number of thiol groups is 1. The highest BCUT2D eigenvalue weighted by Crippen LogP contribution is 2.53.